The van der Waals surface area contributed by atoms with Gasteiger partial charge in [-0.1, -0.05) is 12.1 Å². The summed E-state index contributed by atoms with van der Waals surface area (Å²) in [5.41, 5.74) is 2.04. The van der Waals surface area contributed by atoms with Crippen LogP contribution in [0.2, 0.25) is 0 Å². The molecule has 0 aliphatic carbocycles. The predicted octanol–water partition coefficient (Wildman–Crippen LogP) is 4.62. The molecule has 0 saturated carbocycles. The van der Waals surface area contributed by atoms with E-state index >= 15 is 0 Å². The van der Waals surface area contributed by atoms with Gasteiger partial charge in [-0.05, 0) is 30.3 Å². The number of nitrogens with zero attached hydrogens (tertiary/aromatic N) is 4. The molecule has 130 valence electrons. The highest BCUT2D eigenvalue weighted by atomic mass is 16.6. The number of benzene rings is 2. The van der Waals surface area contributed by atoms with Crippen LogP contribution in [0.1, 0.15) is 0 Å². The summed E-state index contributed by atoms with van der Waals surface area (Å²) >= 11 is 0. The van der Waals surface area contributed by atoms with Crippen molar-refractivity contribution in [3.8, 4) is 11.6 Å². The Bertz CT molecular complexity index is 1350. The van der Waals surface area contributed by atoms with Gasteiger partial charge in [0.05, 0.1) is 10.3 Å². The second-order valence-electron chi connectivity index (χ2n) is 5.80. The lowest BCUT2D eigenvalue weighted by atomic mass is 10.1. The minimum Gasteiger partial charge on any atom is -0.449 e. The Morgan fingerprint density at radius 1 is 0.926 bits per heavy atom. The van der Waals surface area contributed by atoms with E-state index in [0.29, 0.717) is 33.3 Å². The van der Waals surface area contributed by atoms with Gasteiger partial charge in [0.2, 0.25) is 5.58 Å². The van der Waals surface area contributed by atoms with Crippen LogP contribution in [0.5, 0.6) is 11.6 Å². The number of furan rings is 1. The first-order valence-corrected chi connectivity index (χ1v) is 8.04. The predicted molar refractivity (Wildman–Crippen MR) is 97.8 cm³/mol. The zero-order chi connectivity index (χ0) is 18.4. The lowest BCUT2D eigenvalue weighted by molar-refractivity contribution is -0.383. The molecule has 27 heavy (non-hydrogen) atoms. The summed E-state index contributed by atoms with van der Waals surface area (Å²) in [7, 11) is 0. The molecule has 0 unspecified atom stereocenters. The molecular weight excluding hydrogens is 348 g/mol. The summed E-state index contributed by atoms with van der Waals surface area (Å²) in [6.45, 7) is 0. The molecular formula is C19H10N4O4. The molecule has 0 bridgehead atoms. The van der Waals surface area contributed by atoms with Crippen LogP contribution in [0.15, 0.2) is 65.5 Å². The molecule has 0 radical (unpaired) electrons. The molecule has 5 rings (SSSR count). The van der Waals surface area contributed by atoms with Crippen molar-refractivity contribution in [2.24, 2.45) is 0 Å². The van der Waals surface area contributed by atoms with Crippen molar-refractivity contribution < 1.29 is 14.1 Å². The highest BCUT2D eigenvalue weighted by molar-refractivity contribution is 6.03. The first-order chi connectivity index (χ1) is 13.2. The Hall–Kier alpha value is -4.07. The fraction of sp³-hybridized carbons (Fsp3) is 0. The largest absolute Gasteiger partial charge is 0.449 e. The van der Waals surface area contributed by atoms with E-state index in [1.54, 1.807) is 18.3 Å². The van der Waals surface area contributed by atoms with Crippen LogP contribution in [-0.4, -0.2) is 19.9 Å². The summed E-state index contributed by atoms with van der Waals surface area (Å²) in [6.07, 6.45) is 2.94. The van der Waals surface area contributed by atoms with Gasteiger partial charge in [0.15, 0.2) is 5.75 Å². The van der Waals surface area contributed by atoms with Crippen molar-refractivity contribution in [3.05, 3.63) is 71.2 Å². The second-order valence-corrected chi connectivity index (χ2v) is 5.80. The van der Waals surface area contributed by atoms with Crippen molar-refractivity contribution in [1.82, 2.24) is 15.0 Å². The zero-order valence-corrected chi connectivity index (χ0v) is 13.7. The zero-order valence-electron chi connectivity index (χ0n) is 13.7. The van der Waals surface area contributed by atoms with Gasteiger partial charge in [0.25, 0.3) is 11.6 Å². The minimum absolute atomic E-state index is 0.0398. The maximum atomic E-state index is 11.3. The monoisotopic (exact) mass is 358 g/mol. The first kappa shape index (κ1) is 15.2. The van der Waals surface area contributed by atoms with E-state index in [0.717, 1.165) is 5.39 Å². The van der Waals surface area contributed by atoms with Crippen LogP contribution in [0.4, 0.5) is 5.69 Å². The summed E-state index contributed by atoms with van der Waals surface area (Å²) in [4.78, 5) is 23.5. The molecule has 0 spiro atoms. The van der Waals surface area contributed by atoms with E-state index in [-0.39, 0.29) is 11.6 Å². The summed E-state index contributed by atoms with van der Waals surface area (Å²) in [5, 5.41) is 12.5. The first-order valence-electron chi connectivity index (χ1n) is 8.04. The molecule has 2 aromatic carbocycles. The number of fused-ring (bicyclic) bond motifs is 4. The van der Waals surface area contributed by atoms with Gasteiger partial charge in [0.1, 0.15) is 22.9 Å². The number of hydrogen-bond donors (Lipinski definition) is 0. The number of non-ortho nitro benzene ring substituents is 1. The van der Waals surface area contributed by atoms with E-state index in [2.05, 4.69) is 15.0 Å². The van der Waals surface area contributed by atoms with Crippen molar-refractivity contribution in [2.75, 3.05) is 0 Å². The molecule has 3 aromatic heterocycles. The fourth-order valence-corrected chi connectivity index (χ4v) is 3.05. The third-order valence-corrected chi connectivity index (χ3v) is 4.24. The molecule has 8 nitrogen and oxygen atoms in total. The van der Waals surface area contributed by atoms with E-state index in [1.165, 1.54) is 18.5 Å². The smallest absolute Gasteiger partial charge is 0.279 e. The van der Waals surface area contributed by atoms with Crippen molar-refractivity contribution in [1.29, 1.82) is 0 Å². The fourth-order valence-electron chi connectivity index (χ4n) is 3.05. The Morgan fingerprint density at radius 2 is 1.78 bits per heavy atom. The van der Waals surface area contributed by atoms with E-state index in [9.17, 15) is 10.1 Å². The second kappa shape index (κ2) is 5.73. The van der Waals surface area contributed by atoms with Crippen LogP contribution in [0, 0.1) is 10.1 Å². The van der Waals surface area contributed by atoms with E-state index in [4.69, 9.17) is 9.15 Å². The van der Waals surface area contributed by atoms with E-state index in [1.807, 2.05) is 24.3 Å². The molecule has 3 heterocycles. The summed E-state index contributed by atoms with van der Waals surface area (Å²) in [5.74, 6) is 0.564. The third kappa shape index (κ3) is 2.35. The molecule has 0 aliphatic rings. The SMILES string of the molecule is O=[N+]([O-])c1ccc(Oc2ncnc3c2oc2ccccc23)c2ncccc12. The number of para-hydroxylation sites is 1. The topological polar surface area (TPSA) is 104 Å². The summed E-state index contributed by atoms with van der Waals surface area (Å²) < 4.78 is 11.8. The standard InChI is InChI=1S/C19H10N4O4/c24-23(25)13-7-8-15(16-11(13)5-3-9-20-16)27-19-18-17(21-10-22-19)12-4-1-2-6-14(12)26-18/h1-10H. The van der Waals surface area contributed by atoms with Gasteiger partial charge in [-0.25, -0.2) is 4.98 Å². The van der Waals surface area contributed by atoms with E-state index < -0.39 is 4.92 Å². The van der Waals surface area contributed by atoms with Gasteiger partial charge in [-0.2, -0.15) is 4.98 Å². The molecule has 0 fully saturated rings. The normalized spacial score (nSPS) is 11.3. The Kier molecular flexibility index (Phi) is 3.23. The lowest BCUT2D eigenvalue weighted by Crippen LogP contribution is -1.95. The average molecular weight is 358 g/mol. The van der Waals surface area contributed by atoms with Gasteiger partial charge in [0, 0.05) is 17.6 Å². The van der Waals surface area contributed by atoms with Gasteiger partial charge in [-0.3, -0.25) is 15.1 Å². The third-order valence-electron chi connectivity index (χ3n) is 4.24. The van der Waals surface area contributed by atoms with Crippen LogP contribution >= 0.6 is 0 Å². The maximum absolute atomic E-state index is 11.3. The molecule has 0 saturated heterocycles. The summed E-state index contributed by atoms with van der Waals surface area (Å²) in [6, 6.07) is 13.7. The van der Waals surface area contributed by atoms with Crippen molar-refractivity contribution >= 4 is 38.7 Å². The molecule has 8 heteroatoms. The number of rotatable bonds is 3. The minimum atomic E-state index is -0.448. The number of aromatic nitrogens is 3. The van der Waals surface area contributed by atoms with Crippen LogP contribution in [0.25, 0.3) is 33.0 Å². The Labute approximate surface area is 151 Å². The van der Waals surface area contributed by atoms with Crippen LogP contribution in [-0.2, 0) is 0 Å². The van der Waals surface area contributed by atoms with Crippen LogP contribution in [0.3, 0.4) is 0 Å². The molecule has 0 N–H and O–H groups in total. The molecule has 5 aromatic rings. The van der Waals surface area contributed by atoms with Gasteiger partial charge in [-0.15, -0.1) is 0 Å². The van der Waals surface area contributed by atoms with Crippen molar-refractivity contribution in [2.45, 2.75) is 0 Å². The molecule has 0 aliphatic heterocycles. The lowest BCUT2D eigenvalue weighted by Gasteiger charge is -2.07. The maximum Gasteiger partial charge on any atom is 0.279 e. The van der Waals surface area contributed by atoms with Crippen molar-refractivity contribution in [3.63, 3.8) is 0 Å². The number of ether oxygens (including phenoxy) is 1. The Morgan fingerprint density at radius 3 is 2.67 bits per heavy atom. The number of nitro groups is 1. The number of pyridine rings is 1. The molecule has 0 amide bonds. The van der Waals surface area contributed by atoms with Gasteiger partial charge < -0.3 is 9.15 Å². The average Bonchev–Trinajstić information content (AvgIpc) is 3.08. The highest BCUT2D eigenvalue weighted by Gasteiger charge is 2.19. The number of nitro benzene ring substituents is 1. The quantitative estimate of drug-likeness (QED) is 0.342. The van der Waals surface area contributed by atoms with Crippen LogP contribution < -0.4 is 4.74 Å². The Balaban J connectivity index is 1.70. The van der Waals surface area contributed by atoms with Gasteiger partial charge >= 0.3 is 0 Å². The highest BCUT2D eigenvalue weighted by Crippen LogP contribution is 2.37. The number of hydrogen-bond acceptors (Lipinski definition) is 7. The molecule has 0 atom stereocenters.